The Morgan fingerprint density at radius 1 is 1.64 bits per heavy atom. The number of carbonyl (C=O) groups is 1. The minimum atomic E-state index is -0.731. The number of aliphatic carboxylic acids is 1. The van der Waals surface area contributed by atoms with Gasteiger partial charge in [0, 0.05) is 30.2 Å². The summed E-state index contributed by atoms with van der Waals surface area (Å²) in [6, 6.07) is 0. The number of nitrogens with zero attached hydrogens (tertiary/aromatic N) is 1. The van der Waals surface area contributed by atoms with Crippen molar-refractivity contribution in [2.75, 3.05) is 19.6 Å². The van der Waals surface area contributed by atoms with E-state index in [0.29, 0.717) is 18.1 Å². The SMILES string of the molecule is CC1CN(C/C(Cl)=C/Cl)CC1C(=O)O. The molecule has 3 nitrogen and oxygen atoms in total. The molecule has 80 valence electrons. The molecular weight excluding hydrogens is 225 g/mol. The zero-order valence-corrected chi connectivity index (χ0v) is 9.42. The van der Waals surface area contributed by atoms with E-state index in [0.717, 1.165) is 6.54 Å². The van der Waals surface area contributed by atoms with Gasteiger partial charge in [-0.3, -0.25) is 9.69 Å². The van der Waals surface area contributed by atoms with Crippen LogP contribution in [0.25, 0.3) is 0 Å². The molecule has 1 aliphatic rings. The van der Waals surface area contributed by atoms with Crippen molar-refractivity contribution in [2.24, 2.45) is 11.8 Å². The zero-order chi connectivity index (χ0) is 10.7. The highest BCUT2D eigenvalue weighted by Gasteiger charge is 2.34. The number of likely N-dealkylation sites (tertiary alicyclic amines) is 1. The van der Waals surface area contributed by atoms with Crippen molar-refractivity contribution in [1.82, 2.24) is 4.90 Å². The van der Waals surface area contributed by atoms with E-state index in [4.69, 9.17) is 28.3 Å². The van der Waals surface area contributed by atoms with Gasteiger partial charge in [0.1, 0.15) is 0 Å². The van der Waals surface area contributed by atoms with Crippen molar-refractivity contribution in [1.29, 1.82) is 0 Å². The van der Waals surface area contributed by atoms with Gasteiger partial charge in [-0.2, -0.15) is 0 Å². The lowest BCUT2D eigenvalue weighted by molar-refractivity contribution is -0.142. The molecule has 0 saturated carbocycles. The van der Waals surface area contributed by atoms with Crippen molar-refractivity contribution in [2.45, 2.75) is 6.92 Å². The average Bonchev–Trinajstić information content (AvgIpc) is 2.46. The van der Waals surface area contributed by atoms with Crippen LogP contribution in [-0.4, -0.2) is 35.6 Å². The summed E-state index contributed by atoms with van der Waals surface area (Å²) in [6.07, 6.45) is 0. The highest BCUT2D eigenvalue weighted by molar-refractivity contribution is 6.36. The van der Waals surface area contributed by atoms with Crippen molar-refractivity contribution in [3.8, 4) is 0 Å². The molecule has 5 heteroatoms. The monoisotopic (exact) mass is 237 g/mol. The van der Waals surface area contributed by atoms with E-state index in [1.165, 1.54) is 5.54 Å². The first-order chi connectivity index (χ1) is 6.54. The molecule has 2 unspecified atom stereocenters. The Morgan fingerprint density at radius 3 is 2.71 bits per heavy atom. The van der Waals surface area contributed by atoms with Gasteiger partial charge in [-0.1, -0.05) is 30.1 Å². The first-order valence-corrected chi connectivity index (χ1v) is 5.26. The molecule has 1 saturated heterocycles. The lowest BCUT2D eigenvalue weighted by atomic mass is 9.99. The van der Waals surface area contributed by atoms with Crippen molar-refractivity contribution in [3.63, 3.8) is 0 Å². The van der Waals surface area contributed by atoms with E-state index >= 15 is 0 Å². The summed E-state index contributed by atoms with van der Waals surface area (Å²) >= 11 is 11.2. The molecule has 0 spiro atoms. The van der Waals surface area contributed by atoms with E-state index in [1.54, 1.807) is 0 Å². The molecule has 0 amide bonds. The fraction of sp³-hybridized carbons (Fsp3) is 0.667. The van der Waals surface area contributed by atoms with E-state index in [9.17, 15) is 4.79 Å². The van der Waals surface area contributed by atoms with Crippen LogP contribution in [0.4, 0.5) is 0 Å². The number of rotatable bonds is 3. The van der Waals surface area contributed by atoms with Gasteiger partial charge in [-0.25, -0.2) is 0 Å². The number of hydrogen-bond donors (Lipinski definition) is 1. The summed E-state index contributed by atoms with van der Waals surface area (Å²) in [5.41, 5.74) is 1.32. The number of halogens is 2. The average molecular weight is 238 g/mol. The van der Waals surface area contributed by atoms with Crippen LogP contribution in [-0.2, 0) is 4.79 Å². The van der Waals surface area contributed by atoms with Crippen LogP contribution in [0.2, 0.25) is 0 Å². The molecule has 1 N–H and O–H groups in total. The fourth-order valence-corrected chi connectivity index (χ4v) is 2.00. The van der Waals surface area contributed by atoms with Gasteiger partial charge in [0.25, 0.3) is 0 Å². The third-order valence-corrected chi connectivity index (χ3v) is 3.10. The summed E-state index contributed by atoms with van der Waals surface area (Å²) in [7, 11) is 0. The summed E-state index contributed by atoms with van der Waals surface area (Å²) in [5, 5.41) is 9.44. The molecule has 2 atom stereocenters. The first kappa shape index (κ1) is 11.8. The van der Waals surface area contributed by atoms with Crippen LogP contribution in [0.15, 0.2) is 10.6 Å². The standard InChI is InChI=1S/C9H13Cl2NO2/c1-6-3-12(4-7(11)2-10)5-8(6)9(13)14/h2,6,8H,3-5H2,1H3,(H,13,14)/b7-2-. The predicted octanol–water partition coefficient (Wildman–Crippen LogP) is 1.96. The van der Waals surface area contributed by atoms with E-state index in [1.807, 2.05) is 11.8 Å². The second kappa shape index (κ2) is 5.01. The molecule has 0 radical (unpaired) electrons. The van der Waals surface area contributed by atoms with Gasteiger partial charge in [-0.05, 0) is 5.92 Å². The van der Waals surface area contributed by atoms with Gasteiger partial charge in [0.2, 0.25) is 0 Å². The highest BCUT2D eigenvalue weighted by Crippen LogP contribution is 2.24. The van der Waals surface area contributed by atoms with Crippen molar-refractivity contribution in [3.05, 3.63) is 10.6 Å². The van der Waals surface area contributed by atoms with Crippen molar-refractivity contribution >= 4 is 29.2 Å². The minimum absolute atomic E-state index is 0.173. The quantitative estimate of drug-likeness (QED) is 0.816. The van der Waals surface area contributed by atoms with Gasteiger partial charge >= 0.3 is 5.97 Å². The Hall–Kier alpha value is -0.250. The Labute approximate surface area is 93.3 Å². The number of carboxylic acid groups (broad SMARTS) is 1. The number of carboxylic acids is 1. The zero-order valence-electron chi connectivity index (χ0n) is 7.91. The van der Waals surface area contributed by atoms with Crippen LogP contribution in [0, 0.1) is 11.8 Å². The molecule has 14 heavy (non-hydrogen) atoms. The molecule has 0 aliphatic carbocycles. The Kier molecular flexibility index (Phi) is 4.23. The largest absolute Gasteiger partial charge is 0.481 e. The van der Waals surface area contributed by atoms with Gasteiger partial charge in [-0.15, -0.1) is 0 Å². The fourth-order valence-electron chi connectivity index (χ4n) is 1.77. The molecule has 1 rings (SSSR count). The van der Waals surface area contributed by atoms with Crippen LogP contribution >= 0.6 is 23.2 Å². The minimum Gasteiger partial charge on any atom is -0.481 e. The molecule has 0 aromatic rings. The first-order valence-electron chi connectivity index (χ1n) is 4.44. The van der Waals surface area contributed by atoms with E-state index < -0.39 is 5.97 Å². The molecule has 1 aliphatic heterocycles. The normalized spacial score (nSPS) is 29.5. The summed E-state index contributed by atoms with van der Waals surface area (Å²) in [4.78, 5) is 12.8. The van der Waals surface area contributed by atoms with Crippen LogP contribution in [0.5, 0.6) is 0 Å². The topological polar surface area (TPSA) is 40.5 Å². The lowest BCUT2D eigenvalue weighted by Crippen LogP contribution is -2.24. The Morgan fingerprint density at radius 2 is 2.29 bits per heavy atom. The highest BCUT2D eigenvalue weighted by atomic mass is 35.5. The second-order valence-corrected chi connectivity index (χ2v) is 4.38. The van der Waals surface area contributed by atoms with E-state index in [2.05, 4.69) is 0 Å². The summed E-state index contributed by atoms with van der Waals surface area (Å²) in [6.45, 7) is 3.80. The Bertz CT molecular complexity index is 255. The molecule has 0 aromatic carbocycles. The molecule has 1 heterocycles. The van der Waals surface area contributed by atoms with Gasteiger partial charge in [0.15, 0.2) is 0 Å². The third kappa shape index (κ3) is 2.87. The maximum absolute atomic E-state index is 10.8. The summed E-state index contributed by atoms with van der Waals surface area (Å²) < 4.78 is 0. The summed E-state index contributed by atoms with van der Waals surface area (Å²) in [5.74, 6) is -0.840. The third-order valence-electron chi connectivity index (χ3n) is 2.50. The van der Waals surface area contributed by atoms with Gasteiger partial charge in [0.05, 0.1) is 5.92 Å². The van der Waals surface area contributed by atoms with Crippen molar-refractivity contribution < 1.29 is 9.90 Å². The lowest BCUT2D eigenvalue weighted by Gasteiger charge is -2.13. The molecule has 0 aromatic heterocycles. The van der Waals surface area contributed by atoms with Crippen LogP contribution < -0.4 is 0 Å². The van der Waals surface area contributed by atoms with Crippen LogP contribution in [0.3, 0.4) is 0 Å². The second-order valence-electron chi connectivity index (χ2n) is 3.67. The maximum atomic E-state index is 10.8. The smallest absolute Gasteiger partial charge is 0.308 e. The molecule has 0 bridgehead atoms. The van der Waals surface area contributed by atoms with Gasteiger partial charge < -0.3 is 5.11 Å². The number of hydrogen-bond acceptors (Lipinski definition) is 2. The molecule has 1 fully saturated rings. The Balaban J connectivity index is 2.51. The maximum Gasteiger partial charge on any atom is 0.308 e. The van der Waals surface area contributed by atoms with Crippen LogP contribution in [0.1, 0.15) is 6.92 Å². The van der Waals surface area contributed by atoms with E-state index in [-0.39, 0.29) is 11.8 Å². The molecular formula is C9H13Cl2NO2. The predicted molar refractivity (Wildman–Crippen MR) is 56.5 cm³/mol.